The lowest BCUT2D eigenvalue weighted by Gasteiger charge is -2.12. The van der Waals surface area contributed by atoms with E-state index in [2.05, 4.69) is 4.85 Å². The maximum absolute atomic E-state index is 11.7. The summed E-state index contributed by atoms with van der Waals surface area (Å²) in [5.41, 5.74) is -1.58. The molecule has 0 aromatic heterocycles. The number of non-ortho nitro benzene ring substituents is 1. The van der Waals surface area contributed by atoms with E-state index in [9.17, 15) is 14.9 Å². The summed E-state index contributed by atoms with van der Waals surface area (Å²) >= 11 is 0. The van der Waals surface area contributed by atoms with Gasteiger partial charge in [-0.15, -0.1) is 0 Å². The molecule has 0 aliphatic carbocycles. The second kappa shape index (κ2) is 6.30. The highest BCUT2D eigenvalue weighted by molar-refractivity contribution is 5.87. The van der Waals surface area contributed by atoms with Gasteiger partial charge in [0.25, 0.3) is 5.69 Å². The maximum Gasteiger partial charge on any atom is 0.413 e. The highest BCUT2D eigenvalue weighted by atomic mass is 16.6. The van der Waals surface area contributed by atoms with Gasteiger partial charge in [-0.05, 0) is 12.5 Å². The minimum Gasteiger partial charge on any atom is -0.459 e. The molecule has 0 amide bonds. The first-order chi connectivity index (χ1) is 9.49. The van der Waals surface area contributed by atoms with Crippen molar-refractivity contribution in [3.63, 3.8) is 0 Å². The Hall–Kier alpha value is -2.93. The van der Waals surface area contributed by atoms with Gasteiger partial charge in [0.1, 0.15) is 0 Å². The van der Waals surface area contributed by atoms with Gasteiger partial charge in [-0.2, -0.15) is 5.26 Å². The molecule has 7 nitrogen and oxygen atoms in total. The molecule has 0 saturated carbocycles. The number of nitro benzene ring substituents is 1. The lowest BCUT2D eigenvalue weighted by Crippen LogP contribution is -2.37. The number of nitrogens with zero attached hydrogens (tertiary/aromatic N) is 3. The minimum absolute atomic E-state index is 0.0675. The van der Waals surface area contributed by atoms with Crippen molar-refractivity contribution in [3.8, 4) is 6.07 Å². The van der Waals surface area contributed by atoms with Crippen molar-refractivity contribution < 1.29 is 14.5 Å². The second-order valence-corrected chi connectivity index (χ2v) is 3.90. The zero-order valence-electron chi connectivity index (χ0n) is 10.7. The topological polar surface area (TPSA) is 97.6 Å². The molecule has 20 heavy (non-hydrogen) atoms. The van der Waals surface area contributed by atoms with Gasteiger partial charge in [-0.25, -0.2) is 11.4 Å². The van der Waals surface area contributed by atoms with Crippen LogP contribution >= 0.6 is 0 Å². The summed E-state index contributed by atoms with van der Waals surface area (Å²) in [5.74, 6) is -0.907. The van der Waals surface area contributed by atoms with Crippen molar-refractivity contribution in [3.05, 3.63) is 51.4 Å². The molecule has 1 aromatic carbocycles. The Balaban J connectivity index is 3.03. The van der Waals surface area contributed by atoms with E-state index in [1.165, 1.54) is 24.3 Å². The molecular weight excluding hydrogens is 262 g/mol. The fraction of sp³-hybridized carbons (Fsp3) is 0.308. The lowest BCUT2D eigenvalue weighted by molar-refractivity contribution is -0.384. The molecule has 102 valence electrons. The van der Waals surface area contributed by atoms with Crippen molar-refractivity contribution in [2.75, 3.05) is 6.61 Å². The SMILES string of the molecule is [C-]#[N+]C(C#N)(Cc1ccc([N+](=O)[O-])cc1)C(=O)OCC. The predicted molar refractivity (Wildman–Crippen MR) is 68.4 cm³/mol. The first kappa shape index (κ1) is 15.1. The van der Waals surface area contributed by atoms with E-state index in [1.54, 1.807) is 13.0 Å². The van der Waals surface area contributed by atoms with Crippen LogP contribution in [-0.2, 0) is 16.0 Å². The Morgan fingerprint density at radius 3 is 2.55 bits per heavy atom. The number of hydrogen-bond acceptors (Lipinski definition) is 5. The summed E-state index contributed by atoms with van der Waals surface area (Å²) < 4.78 is 4.74. The summed E-state index contributed by atoms with van der Waals surface area (Å²) in [6.45, 7) is 8.72. The number of benzene rings is 1. The zero-order chi connectivity index (χ0) is 15.2. The number of rotatable bonds is 5. The molecule has 1 aromatic rings. The number of ether oxygens (including phenoxy) is 1. The van der Waals surface area contributed by atoms with Crippen LogP contribution < -0.4 is 0 Å². The maximum atomic E-state index is 11.7. The number of carbonyl (C=O) groups is 1. The number of nitriles is 1. The van der Waals surface area contributed by atoms with Gasteiger partial charge >= 0.3 is 11.5 Å². The van der Waals surface area contributed by atoms with Gasteiger partial charge in [0.2, 0.25) is 0 Å². The molecule has 0 N–H and O–H groups in total. The van der Waals surface area contributed by atoms with Crippen LogP contribution in [0.4, 0.5) is 5.69 Å². The number of hydrogen-bond donors (Lipinski definition) is 0. The van der Waals surface area contributed by atoms with Crippen LogP contribution in [0.3, 0.4) is 0 Å². The second-order valence-electron chi connectivity index (χ2n) is 3.90. The molecule has 0 aliphatic rings. The first-order valence-electron chi connectivity index (χ1n) is 5.69. The van der Waals surface area contributed by atoms with Gasteiger partial charge < -0.3 is 4.74 Å². The van der Waals surface area contributed by atoms with Crippen LogP contribution in [0, 0.1) is 28.0 Å². The third kappa shape index (κ3) is 3.09. The Labute approximate surface area is 115 Å². The van der Waals surface area contributed by atoms with Crippen molar-refractivity contribution in [1.82, 2.24) is 0 Å². The van der Waals surface area contributed by atoms with E-state index in [0.29, 0.717) is 5.56 Å². The van der Waals surface area contributed by atoms with Crippen molar-refractivity contribution in [2.24, 2.45) is 0 Å². The minimum atomic E-state index is -1.95. The number of esters is 1. The molecule has 0 radical (unpaired) electrons. The predicted octanol–water partition coefficient (Wildman–Crippen LogP) is 1.88. The van der Waals surface area contributed by atoms with E-state index in [1.807, 2.05) is 0 Å². The smallest absolute Gasteiger partial charge is 0.413 e. The summed E-state index contributed by atoms with van der Waals surface area (Å²) in [7, 11) is 0. The standard InChI is InChI=1S/C13H11N3O4/c1-3-20-12(17)13(9-14,15-2)8-10-4-6-11(7-5-10)16(18)19/h4-7H,3,8H2,1H3. The number of carbonyl (C=O) groups excluding carboxylic acids is 1. The molecule has 0 heterocycles. The largest absolute Gasteiger partial charge is 0.459 e. The fourth-order valence-corrected chi connectivity index (χ4v) is 1.55. The van der Waals surface area contributed by atoms with Crippen molar-refractivity contribution in [2.45, 2.75) is 18.9 Å². The molecule has 1 rings (SSSR count). The van der Waals surface area contributed by atoms with Crippen LogP contribution in [0.15, 0.2) is 24.3 Å². The van der Waals surface area contributed by atoms with Crippen molar-refractivity contribution >= 4 is 11.7 Å². The molecule has 1 atom stereocenters. The highest BCUT2D eigenvalue weighted by Gasteiger charge is 2.48. The molecule has 1 unspecified atom stereocenters. The summed E-state index contributed by atoms with van der Waals surface area (Å²) in [6.07, 6.45) is -0.177. The molecule has 0 fully saturated rings. The Morgan fingerprint density at radius 1 is 1.55 bits per heavy atom. The molecular formula is C13H11N3O4. The van der Waals surface area contributed by atoms with Crippen LogP contribution in [0.1, 0.15) is 12.5 Å². The summed E-state index contributed by atoms with van der Waals surface area (Å²) in [4.78, 5) is 24.8. The van der Waals surface area contributed by atoms with Gasteiger partial charge in [0.15, 0.2) is 6.07 Å². The quantitative estimate of drug-likeness (QED) is 0.353. The number of nitro groups is 1. The Morgan fingerprint density at radius 2 is 2.15 bits per heavy atom. The normalized spacial score (nSPS) is 12.6. The van der Waals surface area contributed by atoms with Gasteiger partial charge in [0.05, 0.1) is 18.0 Å². The third-order valence-electron chi connectivity index (χ3n) is 2.60. The van der Waals surface area contributed by atoms with Crippen LogP contribution in [0.25, 0.3) is 4.85 Å². The lowest BCUT2D eigenvalue weighted by atomic mass is 9.93. The highest BCUT2D eigenvalue weighted by Crippen LogP contribution is 2.21. The van der Waals surface area contributed by atoms with E-state index in [-0.39, 0.29) is 18.7 Å². The van der Waals surface area contributed by atoms with Gasteiger partial charge in [0, 0.05) is 12.1 Å². The average Bonchev–Trinajstić information content (AvgIpc) is 2.45. The monoisotopic (exact) mass is 273 g/mol. The van der Waals surface area contributed by atoms with Crippen LogP contribution in [0.2, 0.25) is 0 Å². The molecule has 7 heteroatoms. The first-order valence-corrected chi connectivity index (χ1v) is 5.69. The Bertz CT molecular complexity index is 582. The molecule has 0 spiro atoms. The van der Waals surface area contributed by atoms with E-state index < -0.39 is 16.4 Å². The van der Waals surface area contributed by atoms with Crippen LogP contribution in [-0.4, -0.2) is 23.0 Å². The fourth-order valence-electron chi connectivity index (χ4n) is 1.55. The van der Waals surface area contributed by atoms with E-state index in [4.69, 9.17) is 16.6 Å². The van der Waals surface area contributed by atoms with E-state index >= 15 is 0 Å². The third-order valence-corrected chi connectivity index (χ3v) is 2.60. The van der Waals surface area contributed by atoms with Crippen LogP contribution in [0.5, 0.6) is 0 Å². The van der Waals surface area contributed by atoms with E-state index in [0.717, 1.165) is 0 Å². The average molecular weight is 273 g/mol. The van der Waals surface area contributed by atoms with Gasteiger partial charge in [-0.3, -0.25) is 15.0 Å². The molecule has 0 bridgehead atoms. The zero-order valence-corrected chi connectivity index (χ0v) is 10.7. The summed E-state index contributed by atoms with van der Waals surface area (Å²) in [5, 5.41) is 19.6. The van der Waals surface area contributed by atoms with Gasteiger partial charge in [-0.1, -0.05) is 12.1 Å². The Kier molecular flexibility index (Phi) is 4.76. The molecule has 0 saturated heterocycles. The summed E-state index contributed by atoms with van der Waals surface area (Å²) in [6, 6.07) is 7.01. The van der Waals surface area contributed by atoms with Crippen molar-refractivity contribution in [1.29, 1.82) is 5.26 Å². The molecule has 0 aliphatic heterocycles.